The van der Waals surface area contributed by atoms with Crippen molar-refractivity contribution in [3.05, 3.63) is 83.3 Å². The Labute approximate surface area is 171 Å². The quantitative estimate of drug-likeness (QED) is 0.442. The van der Waals surface area contributed by atoms with Crippen LogP contribution < -0.4 is 5.32 Å². The summed E-state index contributed by atoms with van der Waals surface area (Å²) in [7, 11) is 0. The van der Waals surface area contributed by atoms with Gasteiger partial charge in [-0.05, 0) is 54.4 Å². The number of fused-ring (bicyclic) bond motifs is 2. The molecule has 2 aromatic carbocycles. The first-order chi connectivity index (χ1) is 14.1. The first-order valence-corrected chi connectivity index (χ1v) is 9.46. The summed E-state index contributed by atoms with van der Waals surface area (Å²) in [5.74, 6) is 0.0668. The lowest BCUT2D eigenvalue weighted by Crippen LogP contribution is -2.13. The number of carbonyl (C=O) groups is 1. The SMILES string of the molecule is Cc1cccc2nc(C(=O)Nc3nc4cc(-c5ccc(Cl)cc5)ccc4[nH]3)cn12. The van der Waals surface area contributed by atoms with E-state index in [0.717, 1.165) is 33.5 Å². The number of hydrogen-bond donors (Lipinski definition) is 2. The number of pyridine rings is 1. The van der Waals surface area contributed by atoms with Crippen LogP contribution in [-0.4, -0.2) is 25.3 Å². The maximum Gasteiger partial charge on any atom is 0.278 e. The molecule has 3 heterocycles. The Kier molecular flexibility index (Phi) is 4.07. The van der Waals surface area contributed by atoms with Gasteiger partial charge in [0.15, 0.2) is 0 Å². The maximum absolute atomic E-state index is 12.6. The number of benzene rings is 2. The Morgan fingerprint density at radius 2 is 1.83 bits per heavy atom. The van der Waals surface area contributed by atoms with E-state index in [1.165, 1.54) is 0 Å². The normalized spacial score (nSPS) is 11.2. The van der Waals surface area contributed by atoms with Gasteiger partial charge in [0.25, 0.3) is 5.91 Å². The van der Waals surface area contributed by atoms with E-state index >= 15 is 0 Å². The van der Waals surface area contributed by atoms with Crippen molar-refractivity contribution in [2.75, 3.05) is 5.32 Å². The second-order valence-electron chi connectivity index (χ2n) is 6.80. The molecule has 1 amide bonds. The fourth-order valence-corrected chi connectivity index (χ4v) is 3.44. The van der Waals surface area contributed by atoms with Crippen LogP contribution in [-0.2, 0) is 0 Å². The predicted octanol–water partition coefficient (Wildman–Crippen LogP) is 5.09. The van der Waals surface area contributed by atoms with Crippen LogP contribution in [0.2, 0.25) is 5.02 Å². The van der Waals surface area contributed by atoms with Crippen molar-refractivity contribution in [3.63, 3.8) is 0 Å². The fourth-order valence-electron chi connectivity index (χ4n) is 3.32. The summed E-state index contributed by atoms with van der Waals surface area (Å²) in [4.78, 5) is 24.7. The third-order valence-corrected chi connectivity index (χ3v) is 5.07. The summed E-state index contributed by atoms with van der Waals surface area (Å²) in [6.07, 6.45) is 1.72. The van der Waals surface area contributed by atoms with Gasteiger partial charge in [-0.1, -0.05) is 35.9 Å². The van der Waals surface area contributed by atoms with Crippen molar-refractivity contribution in [1.82, 2.24) is 19.4 Å². The summed E-state index contributed by atoms with van der Waals surface area (Å²) in [6, 6.07) is 19.3. The molecule has 2 N–H and O–H groups in total. The molecule has 0 fully saturated rings. The smallest absolute Gasteiger partial charge is 0.278 e. The minimum Gasteiger partial charge on any atom is -0.324 e. The van der Waals surface area contributed by atoms with E-state index in [2.05, 4.69) is 20.3 Å². The first-order valence-electron chi connectivity index (χ1n) is 9.09. The van der Waals surface area contributed by atoms with Crippen LogP contribution in [0.5, 0.6) is 0 Å². The Hall–Kier alpha value is -3.64. The number of imidazole rings is 2. The highest BCUT2D eigenvalue weighted by atomic mass is 35.5. The molecule has 5 rings (SSSR count). The molecular weight excluding hydrogens is 386 g/mol. The van der Waals surface area contributed by atoms with Crippen LogP contribution in [0.1, 0.15) is 16.2 Å². The number of nitrogens with one attached hydrogen (secondary N) is 2. The van der Waals surface area contributed by atoms with E-state index in [1.807, 2.05) is 72.0 Å². The lowest BCUT2D eigenvalue weighted by Gasteiger charge is -2.01. The van der Waals surface area contributed by atoms with Gasteiger partial charge in [-0.15, -0.1) is 0 Å². The number of H-pyrrole nitrogens is 1. The van der Waals surface area contributed by atoms with Gasteiger partial charge in [0, 0.05) is 16.9 Å². The monoisotopic (exact) mass is 401 g/mol. The highest BCUT2D eigenvalue weighted by Gasteiger charge is 2.14. The van der Waals surface area contributed by atoms with Crippen molar-refractivity contribution in [1.29, 1.82) is 0 Å². The van der Waals surface area contributed by atoms with Crippen LogP contribution in [0.25, 0.3) is 27.8 Å². The second-order valence-corrected chi connectivity index (χ2v) is 7.24. The van der Waals surface area contributed by atoms with Gasteiger partial charge in [-0.3, -0.25) is 10.1 Å². The van der Waals surface area contributed by atoms with Gasteiger partial charge in [0.05, 0.1) is 11.0 Å². The topological polar surface area (TPSA) is 75.1 Å². The minimum absolute atomic E-state index is 0.315. The van der Waals surface area contributed by atoms with E-state index in [4.69, 9.17) is 11.6 Å². The molecule has 7 heteroatoms. The van der Waals surface area contributed by atoms with Gasteiger partial charge in [0.2, 0.25) is 5.95 Å². The van der Waals surface area contributed by atoms with Gasteiger partial charge in [-0.25, -0.2) is 9.97 Å². The number of amides is 1. The molecule has 0 saturated heterocycles. The Morgan fingerprint density at radius 1 is 1.03 bits per heavy atom. The average Bonchev–Trinajstić information content (AvgIpc) is 3.32. The molecule has 3 aromatic heterocycles. The van der Waals surface area contributed by atoms with Gasteiger partial charge >= 0.3 is 0 Å². The molecule has 0 aliphatic heterocycles. The zero-order valence-corrected chi connectivity index (χ0v) is 16.2. The third-order valence-electron chi connectivity index (χ3n) is 4.82. The summed E-state index contributed by atoms with van der Waals surface area (Å²) < 4.78 is 1.88. The molecule has 0 atom stereocenters. The molecule has 5 aromatic rings. The summed E-state index contributed by atoms with van der Waals surface area (Å²) in [5, 5.41) is 3.49. The van der Waals surface area contributed by atoms with E-state index < -0.39 is 0 Å². The highest BCUT2D eigenvalue weighted by molar-refractivity contribution is 6.30. The van der Waals surface area contributed by atoms with Crippen molar-refractivity contribution in [2.24, 2.45) is 0 Å². The Bertz CT molecular complexity index is 1370. The van der Waals surface area contributed by atoms with Crippen LogP contribution in [0, 0.1) is 6.92 Å². The molecule has 142 valence electrons. The maximum atomic E-state index is 12.6. The number of hydrogen-bond acceptors (Lipinski definition) is 3. The van der Waals surface area contributed by atoms with Crippen LogP contribution in [0.4, 0.5) is 5.95 Å². The van der Waals surface area contributed by atoms with Crippen LogP contribution >= 0.6 is 11.6 Å². The summed E-state index contributed by atoms with van der Waals surface area (Å²) in [6.45, 7) is 1.97. The van der Waals surface area contributed by atoms with Crippen molar-refractivity contribution < 1.29 is 4.79 Å². The largest absolute Gasteiger partial charge is 0.324 e. The van der Waals surface area contributed by atoms with E-state index in [-0.39, 0.29) is 5.91 Å². The molecule has 0 bridgehead atoms. The molecule has 0 spiro atoms. The highest BCUT2D eigenvalue weighted by Crippen LogP contribution is 2.25. The van der Waals surface area contributed by atoms with E-state index in [1.54, 1.807) is 6.20 Å². The molecule has 0 saturated carbocycles. The lowest BCUT2D eigenvalue weighted by atomic mass is 10.1. The second kappa shape index (κ2) is 6.76. The number of carbonyl (C=O) groups excluding carboxylic acids is 1. The van der Waals surface area contributed by atoms with Gasteiger partial charge in [-0.2, -0.15) is 0 Å². The van der Waals surface area contributed by atoms with Crippen LogP contribution in [0.3, 0.4) is 0 Å². The van der Waals surface area contributed by atoms with E-state index in [9.17, 15) is 4.79 Å². The number of aromatic amines is 1. The molecule has 29 heavy (non-hydrogen) atoms. The standard InChI is InChI=1S/C22H16ClN5O/c1-13-3-2-4-20-24-19(12-28(13)20)21(29)27-22-25-17-10-7-15(11-18(17)26-22)14-5-8-16(23)9-6-14/h2-12H,1H3,(H2,25,26,27,29). The minimum atomic E-state index is -0.315. The molecular formula is C22H16ClN5O. The number of rotatable bonds is 3. The molecule has 0 aliphatic rings. The molecule has 0 radical (unpaired) electrons. The molecule has 6 nitrogen and oxygen atoms in total. The fraction of sp³-hybridized carbons (Fsp3) is 0.0455. The van der Waals surface area contributed by atoms with Crippen molar-refractivity contribution in [3.8, 4) is 11.1 Å². The van der Waals surface area contributed by atoms with Crippen LogP contribution in [0.15, 0.2) is 66.9 Å². The summed E-state index contributed by atoms with van der Waals surface area (Å²) >= 11 is 5.97. The molecule has 0 aliphatic carbocycles. The zero-order valence-electron chi connectivity index (χ0n) is 15.5. The zero-order chi connectivity index (χ0) is 20.0. The van der Waals surface area contributed by atoms with Gasteiger partial charge in [0.1, 0.15) is 11.3 Å². The Balaban J connectivity index is 1.43. The number of anilines is 1. The first kappa shape index (κ1) is 17.5. The van der Waals surface area contributed by atoms with Crippen molar-refractivity contribution >= 4 is 40.1 Å². The lowest BCUT2D eigenvalue weighted by molar-refractivity contribution is 0.102. The predicted molar refractivity (Wildman–Crippen MR) is 114 cm³/mol. The number of aromatic nitrogens is 4. The van der Waals surface area contributed by atoms with Gasteiger partial charge < -0.3 is 9.38 Å². The number of halogens is 1. The van der Waals surface area contributed by atoms with Crippen molar-refractivity contribution in [2.45, 2.75) is 6.92 Å². The third kappa shape index (κ3) is 3.23. The molecule has 0 unspecified atom stereocenters. The number of nitrogens with zero attached hydrogens (tertiary/aromatic N) is 3. The van der Waals surface area contributed by atoms with E-state index in [0.29, 0.717) is 16.7 Å². The Morgan fingerprint density at radius 3 is 2.62 bits per heavy atom. The summed E-state index contributed by atoms with van der Waals surface area (Å²) in [5.41, 5.74) is 5.74. The average molecular weight is 402 g/mol. The number of aryl methyl sites for hydroxylation is 1.